The molecule has 0 fully saturated rings. The molecule has 2 aromatic rings. The molecule has 0 unspecified atom stereocenters. The smallest absolute Gasteiger partial charge is 0.328 e. The number of carbonyl (C=O) groups is 1. The molecule has 0 saturated carbocycles. The van der Waals surface area contributed by atoms with Crippen molar-refractivity contribution in [2.24, 2.45) is 0 Å². The van der Waals surface area contributed by atoms with Gasteiger partial charge >= 0.3 is 5.97 Å². The molecular formula is C16H15NO4. The monoisotopic (exact) mass is 285 g/mol. The van der Waals surface area contributed by atoms with Crippen LogP contribution in [0.1, 0.15) is 11.1 Å². The minimum atomic E-state index is -1.00. The highest BCUT2D eigenvalue weighted by Crippen LogP contribution is 2.31. The Morgan fingerprint density at radius 2 is 2.05 bits per heavy atom. The van der Waals surface area contributed by atoms with Gasteiger partial charge in [0.2, 0.25) is 5.88 Å². The van der Waals surface area contributed by atoms with Crippen LogP contribution in [-0.2, 0) is 4.79 Å². The average Bonchev–Trinajstić information content (AvgIpc) is 2.48. The minimum absolute atomic E-state index is 0.407. The second-order valence-electron chi connectivity index (χ2n) is 4.36. The van der Waals surface area contributed by atoms with Gasteiger partial charge in [0.1, 0.15) is 0 Å². The number of carboxylic acid groups (broad SMARTS) is 1. The fourth-order valence-electron chi connectivity index (χ4n) is 1.69. The first kappa shape index (κ1) is 14.6. The Morgan fingerprint density at radius 1 is 1.24 bits per heavy atom. The minimum Gasteiger partial charge on any atom is -0.493 e. The van der Waals surface area contributed by atoms with E-state index >= 15 is 0 Å². The van der Waals surface area contributed by atoms with Crippen LogP contribution in [0, 0.1) is 6.92 Å². The highest BCUT2D eigenvalue weighted by atomic mass is 16.5. The number of nitrogens with zero attached hydrogens (tertiary/aromatic N) is 1. The van der Waals surface area contributed by atoms with Crippen molar-refractivity contribution in [3.63, 3.8) is 0 Å². The molecule has 1 heterocycles. The molecule has 5 heteroatoms. The normalized spacial score (nSPS) is 10.6. The molecule has 0 bridgehead atoms. The number of rotatable bonds is 5. The van der Waals surface area contributed by atoms with Crippen LogP contribution in [0.4, 0.5) is 0 Å². The molecule has 21 heavy (non-hydrogen) atoms. The molecule has 0 amide bonds. The molecule has 0 radical (unpaired) electrons. The lowest BCUT2D eigenvalue weighted by Gasteiger charge is -2.10. The third-order valence-corrected chi connectivity index (χ3v) is 2.71. The molecule has 1 aromatic heterocycles. The van der Waals surface area contributed by atoms with Crippen molar-refractivity contribution in [2.45, 2.75) is 6.92 Å². The zero-order valence-electron chi connectivity index (χ0n) is 11.7. The van der Waals surface area contributed by atoms with Gasteiger partial charge in [0.25, 0.3) is 0 Å². The van der Waals surface area contributed by atoms with E-state index in [9.17, 15) is 4.79 Å². The average molecular weight is 285 g/mol. The van der Waals surface area contributed by atoms with E-state index in [0.717, 1.165) is 11.6 Å². The fourth-order valence-corrected chi connectivity index (χ4v) is 1.69. The molecule has 0 aliphatic carbocycles. The van der Waals surface area contributed by atoms with Crippen molar-refractivity contribution in [3.8, 4) is 17.4 Å². The number of methoxy groups -OCH3 is 1. The lowest BCUT2D eigenvalue weighted by molar-refractivity contribution is -0.131. The molecule has 1 aromatic carbocycles. The molecule has 0 spiro atoms. The van der Waals surface area contributed by atoms with Crippen molar-refractivity contribution in [1.82, 2.24) is 4.98 Å². The van der Waals surface area contributed by atoms with Gasteiger partial charge < -0.3 is 14.6 Å². The summed E-state index contributed by atoms with van der Waals surface area (Å²) in [4.78, 5) is 14.6. The number of hydrogen-bond acceptors (Lipinski definition) is 4. The van der Waals surface area contributed by atoms with Gasteiger partial charge in [-0.15, -0.1) is 0 Å². The number of hydrogen-bond donors (Lipinski definition) is 1. The van der Waals surface area contributed by atoms with E-state index in [1.165, 1.54) is 12.3 Å². The van der Waals surface area contributed by atoms with Crippen LogP contribution in [0.15, 0.2) is 42.6 Å². The highest BCUT2D eigenvalue weighted by Gasteiger charge is 2.06. The summed E-state index contributed by atoms with van der Waals surface area (Å²) in [7, 11) is 1.58. The van der Waals surface area contributed by atoms with Gasteiger partial charge in [-0.3, -0.25) is 0 Å². The quantitative estimate of drug-likeness (QED) is 0.854. The number of benzene rings is 1. The van der Waals surface area contributed by atoms with Gasteiger partial charge in [-0.1, -0.05) is 6.07 Å². The summed E-state index contributed by atoms with van der Waals surface area (Å²) in [6, 6.07) is 9.00. The summed E-state index contributed by atoms with van der Waals surface area (Å²) < 4.78 is 10.9. The number of ether oxygens (including phenoxy) is 2. The first-order valence-electron chi connectivity index (χ1n) is 6.28. The van der Waals surface area contributed by atoms with Crippen LogP contribution in [0.5, 0.6) is 17.4 Å². The Kier molecular flexibility index (Phi) is 4.56. The van der Waals surface area contributed by atoms with Crippen LogP contribution in [0.3, 0.4) is 0 Å². The zero-order valence-corrected chi connectivity index (χ0v) is 11.7. The van der Waals surface area contributed by atoms with Crippen molar-refractivity contribution in [3.05, 3.63) is 53.7 Å². The Balaban J connectivity index is 2.15. The van der Waals surface area contributed by atoms with E-state index in [0.29, 0.717) is 22.9 Å². The van der Waals surface area contributed by atoms with Gasteiger partial charge in [0, 0.05) is 18.3 Å². The maximum Gasteiger partial charge on any atom is 0.328 e. The first-order valence-corrected chi connectivity index (χ1v) is 6.28. The van der Waals surface area contributed by atoms with Gasteiger partial charge in [-0.2, -0.15) is 0 Å². The SMILES string of the molecule is COc1cc(C)ccc1Oc1ccc(/C=C/C(=O)O)cn1. The third-order valence-electron chi connectivity index (χ3n) is 2.71. The maximum absolute atomic E-state index is 10.4. The Labute approximate surface area is 122 Å². The number of pyridine rings is 1. The summed E-state index contributed by atoms with van der Waals surface area (Å²) in [5.41, 5.74) is 1.75. The van der Waals surface area contributed by atoms with Crippen LogP contribution >= 0.6 is 0 Å². The Bertz CT molecular complexity index is 662. The van der Waals surface area contributed by atoms with Gasteiger partial charge in [0.05, 0.1) is 7.11 Å². The van der Waals surface area contributed by atoms with E-state index in [4.69, 9.17) is 14.6 Å². The largest absolute Gasteiger partial charge is 0.493 e. The second kappa shape index (κ2) is 6.56. The molecular weight excluding hydrogens is 270 g/mol. The molecule has 2 rings (SSSR count). The topological polar surface area (TPSA) is 68.7 Å². The predicted molar refractivity (Wildman–Crippen MR) is 78.7 cm³/mol. The fraction of sp³-hybridized carbons (Fsp3) is 0.125. The van der Waals surface area contributed by atoms with Crippen molar-refractivity contribution in [2.75, 3.05) is 7.11 Å². The highest BCUT2D eigenvalue weighted by molar-refractivity contribution is 5.85. The molecule has 0 atom stereocenters. The third kappa shape index (κ3) is 4.07. The van der Waals surface area contributed by atoms with E-state index in [1.807, 2.05) is 25.1 Å². The first-order chi connectivity index (χ1) is 10.1. The van der Waals surface area contributed by atoms with E-state index in [1.54, 1.807) is 19.2 Å². The molecule has 0 aliphatic heterocycles. The Hall–Kier alpha value is -2.82. The lowest BCUT2D eigenvalue weighted by Crippen LogP contribution is -1.93. The molecule has 108 valence electrons. The standard InChI is InChI=1S/C16H15NO4/c1-11-3-6-13(14(9-11)20-2)21-15-7-4-12(10-17-15)5-8-16(18)19/h3-10H,1-2H3,(H,18,19)/b8-5+. The predicted octanol–water partition coefficient (Wildman–Crippen LogP) is 3.29. The molecule has 0 aliphatic rings. The van der Waals surface area contributed by atoms with E-state index < -0.39 is 5.97 Å². The maximum atomic E-state index is 10.4. The van der Waals surface area contributed by atoms with Crippen LogP contribution in [-0.4, -0.2) is 23.2 Å². The van der Waals surface area contributed by atoms with Crippen LogP contribution in [0.2, 0.25) is 0 Å². The number of aryl methyl sites for hydroxylation is 1. The molecule has 0 saturated heterocycles. The second-order valence-corrected chi connectivity index (χ2v) is 4.36. The number of aliphatic carboxylic acids is 1. The van der Waals surface area contributed by atoms with Gasteiger partial charge in [-0.25, -0.2) is 9.78 Å². The summed E-state index contributed by atoms with van der Waals surface area (Å²) >= 11 is 0. The summed E-state index contributed by atoms with van der Waals surface area (Å²) in [5.74, 6) is 0.612. The van der Waals surface area contributed by atoms with Crippen LogP contribution < -0.4 is 9.47 Å². The summed E-state index contributed by atoms with van der Waals surface area (Å²) in [5, 5.41) is 8.56. The lowest BCUT2D eigenvalue weighted by atomic mass is 10.2. The van der Waals surface area contributed by atoms with E-state index in [2.05, 4.69) is 4.98 Å². The summed E-state index contributed by atoms with van der Waals surface area (Å²) in [6.45, 7) is 1.97. The van der Waals surface area contributed by atoms with Crippen molar-refractivity contribution < 1.29 is 19.4 Å². The van der Waals surface area contributed by atoms with E-state index in [-0.39, 0.29) is 0 Å². The van der Waals surface area contributed by atoms with Crippen LogP contribution in [0.25, 0.3) is 6.08 Å². The van der Waals surface area contributed by atoms with Crippen molar-refractivity contribution in [1.29, 1.82) is 0 Å². The number of carboxylic acids is 1. The molecule has 1 N–H and O–H groups in total. The van der Waals surface area contributed by atoms with Gasteiger partial charge in [-0.05, 0) is 42.3 Å². The Morgan fingerprint density at radius 3 is 2.67 bits per heavy atom. The molecule has 5 nitrogen and oxygen atoms in total. The van der Waals surface area contributed by atoms with Gasteiger partial charge in [0.15, 0.2) is 11.5 Å². The van der Waals surface area contributed by atoms with Crippen molar-refractivity contribution >= 4 is 12.0 Å². The zero-order chi connectivity index (χ0) is 15.2. The number of aromatic nitrogens is 1. The summed E-state index contributed by atoms with van der Waals surface area (Å²) in [6.07, 6.45) is 4.06.